The maximum Gasteiger partial charge on any atom is 0.247 e. The molecule has 182 valence electrons. The first kappa shape index (κ1) is 24.1. The first-order chi connectivity index (χ1) is 17.0. The van der Waals surface area contributed by atoms with Gasteiger partial charge in [-0.15, -0.1) is 0 Å². The van der Waals surface area contributed by atoms with E-state index in [1.54, 1.807) is 24.3 Å². The highest BCUT2D eigenvalue weighted by Gasteiger charge is 2.17. The molecule has 0 radical (unpaired) electrons. The van der Waals surface area contributed by atoms with Crippen molar-refractivity contribution in [3.63, 3.8) is 0 Å². The fourth-order valence-corrected chi connectivity index (χ4v) is 3.80. The number of amides is 1. The van der Waals surface area contributed by atoms with Crippen LogP contribution in [0.2, 0.25) is 0 Å². The minimum Gasteiger partial charge on any atom is -0.395 e. The molecule has 3 aromatic rings. The smallest absolute Gasteiger partial charge is 0.247 e. The monoisotopic (exact) mass is 477 g/mol. The highest BCUT2D eigenvalue weighted by atomic mass is 19.1. The molecule has 1 aromatic heterocycles. The number of rotatable bonds is 9. The van der Waals surface area contributed by atoms with Crippen LogP contribution in [-0.2, 0) is 4.79 Å². The number of aliphatic hydroxyl groups is 1. The van der Waals surface area contributed by atoms with E-state index in [2.05, 4.69) is 42.3 Å². The van der Waals surface area contributed by atoms with Gasteiger partial charge >= 0.3 is 0 Å². The zero-order valence-electron chi connectivity index (χ0n) is 19.2. The van der Waals surface area contributed by atoms with E-state index in [0.29, 0.717) is 17.9 Å². The zero-order valence-corrected chi connectivity index (χ0v) is 19.2. The number of carbonyl (C=O) groups is 1. The molecule has 35 heavy (non-hydrogen) atoms. The topological polar surface area (TPSA) is 106 Å². The van der Waals surface area contributed by atoms with Crippen molar-refractivity contribution in [2.75, 3.05) is 60.2 Å². The van der Waals surface area contributed by atoms with E-state index < -0.39 is 5.82 Å². The Morgan fingerprint density at radius 2 is 1.77 bits per heavy atom. The number of carbonyl (C=O) groups excluding carboxylic acids is 1. The van der Waals surface area contributed by atoms with Gasteiger partial charge in [-0.05, 0) is 42.5 Å². The van der Waals surface area contributed by atoms with Gasteiger partial charge in [-0.2, -0.15) is 4.98 Å². The van der Waals surface area contributed by atoms with Crippen LogP contribution >= 0.6 is 0 Å². The fraction of sp³-hybridized carbons (Fsp3) is 0.240. The SMILES string of the molecule is C=CC(=O)Nc1cccc(Nc2nc(Nc3cccc(N4CCN(CCO)CC4)c3)ncc2F)c1. The van der Waals surface area contributed by atoms with E-state index >= 15 is 0 Å². The molecule has 0 atom stereocenters. The van der Waals surface area contributed by atoms with Gasteiger partial charge in [0, 0.05) is 55.5 Å². The van der Waals surface area contributed by atoms with Crippen LogP contribution < -0.4 is 20.9 Å². The second-order valence-corrected chi connectivity index (χ2v) is 8.02. The second-order valence-electron chi connectivity index (χ2n) is 8.02. The quantitative estimate of drug-likeness (QED) is 0.348. The number of β-amino-alcohol motifs (C(OH)–C–C–N with tert-alkyl or cyclic N) is 1. The van der Waals surface area contributed by atoms with Crippen molar-refractivity contribution in [1.29, 1.82) is 0 Å². The highest BCUT2D eigenvalue weighted by Crippen LogP contribution is 2.25. The van der Waals surface area contributed by atoms with E-state index in [1.807, 2.05) is 24.3 Å². The van der Waals surface area contributed by atoms with Crippen molar-refractivity contribution in [3.05, 3.63) is 73.2 Å². The summed E-state index contributed by atoms with van der Waals surface area (Å²) in [7, 11) is 0. The number of anilines is 6. The van der Waals surface area contributed by atoms with E-state index in [4.69, 9.17) is 5.11 Å². The summed E-state index contributed by atoms with van der Waals surface area (Å²) in [5.74, 6) is -0.692. The van der Waals surface area contributed by atoms with Crippen LogP contribution in [0.5, 0.6) is 0 Å². The maximum absolute atomic E-state index is 14.4. The largest absolute Gasteiger partial charge is 0.395 e. The number of aliphatic hydroxyl groups excluding tert-OH is 1. The average Bonchev–Trinajstić information content (AvgIpc) is 2.87. The van der Waals surface area contributed by atoms with Gasteiger partial charge < -0.3 is 26.0 Å². The predicted octanol–water partition coefficient (Wildman–Crippen LogP) is 3.34. The summed E-state index contributed by atoms with van der Waals surface area (Å²) >= 11 is 0. The molecule has 2 heterocycles. The number of nitrogens with one attached hydrogen (secondary N) is 3. The summed E-state index contributed by atoms with van der Waals surface area (Å²) in [5, 5.41) is 17.9. The van der Waals surface area contributed by atoms with Crippen molar-refractivity contribution in [3.8, 4) is 0 Å². The zero-order chi connectivity index (χ0) is 24.6. The summed E-state index contributed by atoms with van der Waals surface area (Å²) in [6.45, 7) is 7.83. The third-order valence-electron chi connectivity index (χ3n) is 5.58. The summed E-state index contributed by atoms with van der Waals surface area (Å²) in [6, 6.07) is 14.8. The summed E-state index contributed by atoms with van der Waals surface area (Å²) in [6.07, 6.45) is 2.28. The van der Waals surface area contributed by atoms with E-state index in [0.717, 1.165) is 43.8 Å². The van der Waals surface area contributed by atoms with Gasteiger partial charge in [-0.25, -0.2) is 9.37 Å². The third-order valence-corrected chi connectivity index (χ3v) is 5.58. The summed E-state index contributed by atoms with van der Waals surface area (Å²) < 4.78 is 14.4. The van der Waals surface area contributed by atoms with Gasteiger partial charge in [0.25, 0.3) is 0 Å². The maximum atomic E-state index is 14.4. The van der Waals surface area contributed by atoms with Gasteiger partial charge in [0.1, 0.15) is 0 Å². The van der Waals surface area contributed by atoms with Gasteiger partial charge in [0.15, 0.2) is 11.6 Å². The lowest BCUT2D eigenvalue weighted by Crippen LogP contribution is -2.47. The van der Waals surface area contributed by atoms with E-state index in [1.165, 1.54) is 6.08 Å². The number of hydrogen-bond donors (Lipinski definition) is 4. The molecule has 10 heteroatoms. The molecule has 1 aliphatic heterocycles. The van der Waals surface area contributed by atoms with Crippen LogP contribution in [0, 0.1) is 5.82 Å². The molecule has 1 fully saturated rings. The van der Waals surface area contributed by atoms with Crippen LogP contribution in [0.25, 0.3) is 0 Å². The van der Waals surface area contributed by atoms with Crippen LogP contribution in [0.4, 0.5) is 38.9 Å². The molecule has 1 saturated heterocycles. The van der Waals surface area contributed by atoms with E-state index in [-0.39, 0.29) is 24.3 Å². The Labute approximate surface area is 203 Å². The number of aromatic nitrogens is 2. The molecule has 2 aromatic carbocycles. The normalized spacial score (nSPS) is 13.8. The molecule has 9 nitrogen and oxygen atoms in total. The van der Waals surface area contributed by atoms with Gasteiger partial charge in [0.2, 0.25) is 11.9 Å². The standard InChI is InChI=1S/C25H28FN7O2/c1-2-23(35)28-18-5-3-6-19(15-18)29-24-22(26)17-27-25(31-24)30-20-7-4-8-21(16-20)33-11-9-32(10-12-33)13-14-34/h2-8,15-17,34H,1,9-14H2,(H,28,35)(H2,27,29,30,31). The lowest BCUT2D eigenvalue weighted by Gasteiger charge is -2.35. The third kappa shape index (κ3) is 6.52. The Bertz CT molecular complexity index is 1180. The summed E-state index contributed by atoms with van der Waals surface area (Å²) in [4.78, 5) is 24.4. The second kappa shape index (κ2) is 11.4. The van der Waals surface area contributed by atoms with E-state index in [9.17, 15) is 9.18 Å². The summed E-state index contributed by atoms with van der Waals surface area (Å²) in [5.41, 5.74) is 2.95. The highest BCUT2D eigenvalue weighted by molar-refractivity contribution is 5.99. The number of piperazine rings is 1. The van der Waals surface area contributed by atoms with Crippen molar-refractivity contribution in [2.24, 2.45) is 0 Å². The van der Waals surface area contributed by atoms with Crippen LogP contribution in [0.15, 0.2) is 67.4 Å². The van der Waals surface area contributed by atoms with Crippen molar-refractivity contribution >= 4 is 40.4 Å². The Hall–Kier alpha value is -4.02. The van der Waals surface area contributed by atoms with Crippen LogP contribution in [0.3, 0.4) is 0 Å². The van der Waals surface area contributed by atoms with Gasteiger partial charge in [-0.1, -0.05) is 18.7 Å². The molecule has 4 rings (SSSR count). The first-order valence-electron chi connectivity index (χ1n) is 11.3. The Morgan fingerprint density at radius 3 is 2.51 bits per heavy atom. The Balaban J connectivity index is 1.44. The van der Waals surface area contributed by atoms with Crippen molar-refractivity contribution in [2.45, 2.75) is 0 Å². The van der Waals surface area contributed by atoms with Crippen LogP contribution in [0.1, 0.15) is 0 Å². The molecular weight excluding hydrogens is 449 g/mol. The number of hydrogen-bond acceptors (Lipinski definition) is 8. The fourth-order valence-electron chi connectivity index (χ4n) is 3.80. The molecule has 0 aliphatic carbocycles. The number of benzene rings is 2. The molecule has 0 spiro atoms. The Morgan fingerprint density at radius 1 is 1.06 bits per heavy atom. The van der Waals surface area contributed by atoms with Crippen molar-refractivity contribution in [1.82, 2.24) is 14.9 Å². The molecule has 0 saturated carbocycles. The molecular formula is C25H28FN7O2. The molecule has 0 unspecified atom stereocenters. The molecule has 1 aliphatic rings. The predicted molar refractivity (Wildman–Crippen MR) is 136 cm³/mol. The minimum absolute atomic E-state index is 0.00542. The van der Waals surface area contributed by atoms with Crippen LogP contribution in [-0.4, -0.2) is 65.2 Å². The molecule has 0 bridgehead atoms. The van der Waals surface area contributed by atoms with Gasteiger partial charge in [-0.3, -0.25) is 9.69 Å². The average molecular weight is 478 g/mol. The van der Waals surface area contributed by atoms with Gasteiger partial charge in [0.05, 0.1) is 12.8 Å². The lowest BCUT2D eigenvalue weighted by atomic mass is 10.2. The molecule has 4 N–H and O–H groups in total. The lowest BCUT2D eigenvalue weighted by molar-refractivity contribution is -0.111. The van der Waals surface area contributed by atoms with Crippen molar-refractivity contribution < 1.29 is 14.3 Å². The minimum atomic E-state index is -0.606. The first-order valence-corrected chi connectivity index (χ1v) is 11.3. The Kier molecular flexibility index (Phi) is 7.86. The number of nitrogens with zero attached hydrogens (tertiary/aromatic N) is 4. The molecule has 1 amide bonds. The number of halogens is 1.